The van der Waals surface area contributed by atoms with Gasteiger partial charge < -0.3 is 14.9 Å². The van der Waals surface area contributed by atoms with Gasteiger partial charge in [-0.2, -0.15) is 4.39 Å². The van der Waals surface area contributed by atoms with E-state index in [1.165, 1.54) is 13.8 Å². The highest BCUT2D eigenvalue weighted by atomic mass is 35.5. The summed E-state index contributed by atoms with van der Waals surface area (Å²) < 4.78 is 19.6. The Hall–Kier alpha value is -1.66. The molecule has 0 saturated carbocycles. The lowest BCUT2D eigenvalue weighted by atomic mass is 9.96. The molecule has 2 rings (SSSR count). The highest BCUT2D eigenvalue weighted by Gasteiger charge is 2.57. The lowest BCUT2D eigenvalue weighted by molar-refractivity contribution is -0.0775. The van der Waals surface area contributed by atoms with E-state index in [1.807, 2.05) is 0 Å². The summed E-state index contributed by atoms with van der Waals surface area (Å²) in [6.07, 6.45) is -4.45. The number of ether oxygens (including phenoxy) is 1. The lowest BCUT2D eigenvalue weighted by Crippen LogP contribution is -2.45. The van der Waals surface area contributed by atoms with Gasteiger partial charge in [-0.1, -0.05) is 17.5 Å². The lowest BCUT2D eigenvalue weighted by Gasteiger charge is -2.25. The average Bonchev–Trinajstić information content (AvgIpc) is 2.68. The summed E-state index contributed by atoms with van der Waals surface area (Å²) >= 11 is 6.29. The largest absolute Gasteiger partial charge is 0.391 e. The number of rotatable bonds is 2. The van der Waals surface area contributed by atoms with Crippen molar-refractivity contribution in [2.45, 2.75) is 43.3 Å². The third-order valence-corrected chi connectivity index (χ3v) is 3.86. The van der Waals surface area contributed by atoms with Crippen molar-refractivity contribution in [2.75, 3.05) is 0 Å². The molecular weight excluding hydrogens is 319 g/mol. The predicted molar refractivity (Wildman–Crippen MR) is 74.9 cm³/mol. The normalized spacial score (nSPS) is 32.4. The molecular formula is C13H14ClFN2O5. The monoisotopic (exact) mass is 332 g/mol. The number of H-pyrrole nitrogens is 1. The molecule has 0 amide bonds. The number of hydrogen-bond acceptors (Lipinski definition) is 5. The predicted octanol–water partition coefficient (Wildman–Crippen LogP) is -0.684. The van der Waals surface area contributed by atoms with Crippen molar-refractivity contribution in [1.29, 1.82) is 0 Å². The summed E-state index contributed by atoms with van der Waals surface area (Å²) in [5.41, 5.74) is -2.16. The minimum absolute atomic E-state index is 0.622. The van der Waals surface area contributed by atoms with Gasteiger partial charge in [0.1, 0.15) is 12.2 Å². The number of aromatic amines is 1. The zero-order valence-corrected chi connectivity index (χ0v) is 12.5. The van der Waals surface area contributed by atoms with Crippen LogP contribution in [0.15, 0.2) is 15.8 Å². The molecule has 2 heterocycles. The molecule has 0 aliphatic carbocycles. The van der Waals surface area contributed by atoms with E-state index in [0.717, 1.165) is 0 Å². The molecule has 1 aromatic heterocycles. The number of aromatic nitrogens is 2. The summed E-state index contributed by atoms with van der Waals surface area (Å²) in [6.45, 7) is 2.82. The Balaban J connectivity index is 2.61. The van der Waals surface area contributed by atoms with Crippen LogP contribution in [0.1, 0.15) is 20.1 Å². The first-order valence-electron chi connectivity index (χ1n) is 6.37. The van der Waals surface area contributed by atoms with Crippen LogP contribution in [0.2, 0.25) is 0 Å². The van der Waals surface area contributed by atoms with Gasteiger partial charge in [-0.15, -0.1) is 5.92 Å². The Morgan fingerprint density at radius 1 is 1.59 bits per heavy atom. The second-order valence-electron chi connectivity index (χ2n) is 4.93. The maximum Gasteiger partial charge on any atom is 0.330 e. The van der Waals surface area contributed by atoms with Crippen LogP contribution in [0, 0.1) is 17.7 Å². The number of nitrogens with one attached hydrogen (secondary N) is 1. The number of hydrogen-bond donors (Lipinski definition) is 3. The molecule has 1 unspecified atom stereocenters. The molecule has 1 aliphatic heterocycles. The molecule has 1 saturated heterocycles. The summed E-state index contributed by atoms with van der Waals surface area (Å²) in [7, 11) is 0. The van der Waals surface area contributed by atoms with Crippen molar-refractivity contribution in [3.63, 3.8) is 0 Å². The molecule has 0 radical (unpaired) electrons. The van der Waals surface area contributed by atoms with Gasteiger partial charge >= 0.3 is 5.69 Å². The third-order valence-electron chi connectivity index (χ3n) is 3.36. The topological polar surface area (TPSA) is 105 Å². The van der Waals surface area contributed by atoms with E-state index in [2.05, 4.69) is 11.8 Å². The molecule has 0 aromatic carbocycles. The molecule has 0 bridgehead atoms. The van der Waals surface area contributed by atoms with Gasteiger partial charge in [0.2, 0.25) is 5.82 Å². The van der Waals surface area contributed by atoms with Crippen LogP contribution >= 0.6 is 11.6 Å². The second-order valence-corrected chi connectivity index (χ2v) is 5.55. The zero-order valence-electron chi connectivity index (χ0n) is 11.7. The van der Waals surface area contributed by atoms with Gasteiger partial charge in [-0.25, -0.2) is 4.79 Å². The Bertz CT molecular complexity index is 749. The van der Waals surface area contributed by atoms with Crippen LogP contribution in [0.3, 0.4) is 0 Å². The maximum absolute atomic E-state index is 13.5. The summed E-state index contributed by atoms with van der Waals surface area (Å²) in [5.74, 6) is 3.80. The Kier molecular flexibility index (Phi) is 4.44. The van der Waals surface area contributed by atoms with Gasteiger partial charge in [0.05, 0.1) is 12.3 Å². The number of halogens is 2. The number of aliphatic hydroxyl groups excluding tert-OH is 2. The van der Waals surface area contributed by atoms with E-state index < -0.39 is 46.5 Å². The van der Waals surface area contributed by atoms with Gasteiger partial charge in [0.15, 0.2) is 11.1 Å². The quantitative estimate of drug-likeness (QED) is 0.491. The average molecular weight is 333 g/mol. The fourth-order valence-corrected chi connectivity index (χ4v) is 2.69. The Morgan fingerprint density at radius 2 is 2.23 bits per heavy atom. The van der Waals surface area contributed by atoms with Crippen LogP contribution in [-0.4, -0.2) is 43.0 Å². The number of nitrogens with zero attached hydrogens (tertiary/aromatic N) is 1. The highest BCUT2D eigenvalue weighted by molar-refractivity contribution is 6.27. The first kappa shape index (κ1) is 16.7. The molecule has 22 heavy (non-hydrogen) atoms. The molecule has 7 nitrogen and oxygen atoms in total. The highest BCUT2D eigenvalue weighted by Crippen LogP contribution is 2.43. The van der Waals surface area contributed by atoms with E-state index in [4.69, 9.17) is 16.3 Å². The fourth-order valence-electron chi connectivity index (χ4n) is 2.32. The van der Waals surface area contributed by atoms with Crippen LogP contribution < -0.4 is 11.2 Å². The van der Waals surface area contributed by atoms with Crippen LogP contribution in [0.4, 0.5) is 4.39 Å². The second kappa shape index (κ2) is 5.85. The summed E-state index contributed by atoms with van der Waals surface area (Å²) in [6, 6.07) is 0. The summed E-state index contributed by atoms with van der Waals surface area (Å²) in [5, 5.41) is 19.9. The van der Waals surface area contributed by atoms with Crippen molar-refractivity contribution in [3.8, 4) is 11.8 Å². The Labute approximate surface area is 129 Å². The first-order valence-corrected chi connectivity index (χ1v) is 6.75. The number of alkyl halides is 1. The fraction of sp³-hybridized carbons (Fsp3) is 0.538. The number of aliphatic hydroxyl groups is 2. The van der Waals surface area contributed by atoms with E-state index in [-0.39, 0.29) is 0 Å². The van der Waals surface area contributed by atoms with Gasteiger partial charge in [-0.05, 0) is 13.8 Å². The van der Waals surface area contributed by atoms with Crippen molar-refractivity contribution < 1.29 is 19.3 Å². The van der Waals surface area contributed by atoms with E-state index in [0.29, 0.717) is 10.8 Å². The van der Waals surface area contributed by atoms with Gasteiger partial charge in [-0.3, -0.25) is 14.3 Å². The molecule has 120 valence electrons. The minimum Gasteiger partial charge on any atom is -0.391 e. The van der Waals surface area contributed by atoms with Crippen molar-refractivity contribution in [1.82, 2.24) is 9.55 Å². The molecule has 1 fully saturated rings. The van der Waals surface area contributed by atoms with E-state index >= 15 is 0 Å². The van der Waals surface area contributed by atoms with Crippen molar-refractivity contribution in [2.24, 2.45) is 0 Å². The third kappa shape index (κ3) is 2.57. The SMILES string of the molecule is CC#C[C@@]1(Cl)C(O)[C@@H]([C@@H](C)O)O[C@H]1n1cc(F)c(=O)[nH]c1=O. The van der Waals surface area contributed by atoms with Crippen LogP contribution in [-0.2, 0) is 4.74 Å². The van der Waals surface area contributed by atoms with Gasteiger partial charge in [0.25, 0.3) is 5.56 Å². The first-order chi connectivity index (χ1) is 10.2. The minimum atomic E-state index is -1.79. The summed E-state index contributed by atoms with van der Waals surface area (Å²) in [4.78, 5) is 22.9. The maximum atomic E-state index is 13.5. The van der Waals surface area contributed by atoms with Crippen LogP contribution in [0.5, 0.6) is 0 Å². The van der Waals surface area contributed by atoms with Crippen molar-refractivity contribution in [3.05, 3.63) is 32.9 Å². The molecule has 1 aromatic rings. The molecule has 9 heteroatoms. The van der Waals surface area contributed by atoms with Crippen molar-refractivity contribution >= 4 is 11.6 Å². The van der Waals surface area contributed by atoms with Crippen LogP contribution in [0.25, 0.3) is 0 Å². The molecule has 1 aliphatic rings. The Morgan fingerprint density at radius 3 is 2.77 bits per heavy atom. The van der Waals surface area contributed by atoms with E-state index in [9.17, 15) is 24.2 Å². The van der Waals surface area contributed by atoms with Gasteiger partial charge in [0, 0.05) is 0 Å². The van der Waals surface area contributed by atoms with E-state index in [1.54, 1.807) is 4.98 Å². The molecule has 0 spiro atoms. The smallest absolute Gasteiger partial charge is 0.330 e. The standard InChI is InChI=1S/C13H14ClFN2O5/c1-3-4-13(14)9(19)8(6(2)18)22-11(13)17-5-7(15)10(20)16-12(17)21/h5-6,8-9,11,18-19H,1-2H3,(H,16,20,21)/t6-,8-,9?,11-,13-/m1/s1. The molecule has 3 N–H and O–H groups in total. The zero-order chi connectivity index (χ0) is 16.7. The molecule has 5 atom stereocenters.